The minimum Gasteiger partial charge on any atom is -0.212 e. The number of hydrogen-bond acceptors (Lipinski definition) is 3. The van der Waals surface area contributed by atoms with Crippen molar-refractivity contribution < 1.29 is 8.42 Å². The van der Waals surface area contributed by atoms with Crippen molar-refractivity contribution in [2.24, 2.45) is 0 Å². The molecule has 0 amide bonds. The molecule has 0 aromatic carbocycles. The Kier molecular flexibility index (Phi) is 4.10. The van der Waals surface area contributed by atoms with Gasteiger partial charge >= 0.3 is 0 Å². The van der Waals surface area contributed by atoms with E-state index in [9.17, 15) is 8.42 Å². The first kappa shape index (κ1) is 11.7. The van der Waals surface area contributed by atoms with E-state index in [1.807, 2.05) is 31.4 Å². The fraction of sp³-hybridized carbons (Fsp3) is 0.556. The fourth-order valence-electron chi connectivity index (χ4n) is 1.19. The second-order valence-corrected chi connectivity index (χ2v) is 6.03. The van der Waals surface area contributed by atoms with Crippen LogP contribution in [0.3, 0.4) is 0 Å². The average molecular weight is 233 g/mol. The number of sulfonamides is 1. The first-order valence-electron chi connectivity index (χ1n) is 4.58. The lowest BCUT2D eigenvalue weighted by molar-refractivity contribution is 0.567. The summed E-state index contributed by atoms with van der Waals surface area (Å²) >= 11 is 1.56. The van der Waals surface area contributed by atoms with Gasteiger partial charge in [-0.1, -0.05) is 13.0 Å². The Bertz CT molecular complexity index is 356. The van der Waals surface area contributed by atoms with Crippen LogP contribution in [0.1, 0.15) is 31.2 Å². The van der Waals surface area contributed by atoms with Gasteiger partial charge < -0.3 is 0 Å². The van der Waals surface area contributed by atoms with Crippen LogP contribution < -0.4 is 4.72 Å². The van der Waals surface area contributed by atoms with Crippen LogP contribution in [0, 0.1) is 0 Å². The Balaban J connectivity index is 2.61. The summed E-state index contributed by atoms with van der Waals surface area (Å²) in [5.74, 6) is 0.197. The average Bonchev–Trinajstić information content (AvgIpc) is 2.53. The molecule has 1 aromatic heterocycles. The molecular weight excluding hydrogens is 218 g/mol. The van der Waals surface area contributed by atoms with Gasteiger partial charge in [-0.3, -0.25) is 0 Å². The quantitative estimate of drug-likeness (QED) is 0.847. The van der Waals surface area contributed by atoms with Crippen molar-refractivity contribution in [3.63, 3.8) is 0 Å². The zero-order chi connectivity index (χ0) is 10.6. The molecular formula is C9H15NO2S2. The second kappa shape index (κ2) is 4.91. The van der Waals surface area contributed by atoms with E-state index in [0.717, 1.165) is 4.88 Å². The van der Waals surface area contributed by atoms with Crippen LogP contribution in [0.2, 0.25) is 0 Å². The maximum Gasteiger partial charge on any atom is 0.212 e. The Labute approximate surface area is 89.2 Å². The molecule has 0 aliphatic rings. The zero-order valence-electron chi connectivity index (χ0n) is 8.36. The van der Waals surface area contributed by atoms with Gasteiger partial charge in [0.05, 0.1) is 11.8 Å². The van der Waals surface area contributed by atoms with Crippen LogP contribution in [-0.4, -0.2) is 14.2 Å². The smallest absolute Gasteiger partial charge is 0.212 e. The van der Waals surface area contributed by atoms with Gasteiger partial charge in [-0.25, -0.2) is 13.1 Å². The van der Waals surface area contributed by atoms with E-state index in [2.05, 4.69) is 4.72 Å². The van der Waals surface area contributed by atoms with E-state index in [4.69, 9.17) is 0 Å². The Hall–Kier alpha value is -0.390. The zero-order valence-corrected chi connectivity index (χ0v) is 9.99. The second-order valence-electron chi connectivity index (χ2n) is 3.17. The van der Waals surface area contributed by atoms with Crippen LogP contribution in [-0.2, 0) is 10.0 Å². The molecule has 0 bridgehead atoms. The number of rotatable bonds is 5. The molecule has 0 aliphatic carbocycles. The van der Waals surface area contributed by atoms with Crippen LogP contribution in [0.5, 0.6) is 0 Å². The van der Waals surface area contributed by atoms with Gasteiger partial charge in [-0.15, -0.1) is 11.3 Å². The third-order valence-electron chi connectivity index (χ3n) is 1.80. The summed E-state index contributed by atoms with van der Waals surface area (Å²) in [6.45, 7) is 3.72. The SMILES string of the molecule is CCCS(=O)(=O)N[C@@H](C)c1cccs1. The van der Waals surface area contributed by atoms with Crippen molar-refractivity contribution in [3.8, 4) is 0 Å². The molecule has 1 heterocycles. The highest BCUT2D eigenvalue weighted by atomic mass is 32.2. The predicted octanol–water partition coefficient (Wildman–Crippen LogP) is 2.14. The van der Waals surface area contributed by atoms with Crippen molar-refractivity contribution in [2.75, 3.05) is 5.75 Å². The number of thiophene rings is 1. The highest BCUT2D eigenvalue weighted by Gasteiger charge is 2.14. The summed E-state index contributed by atoms with van der Waals surface area (Å²) in [7, 11) is -3.10. The molecule has 0 aliphatic heterocycles. The van der Waals surface area contributed by atoms with Gasteiger partial charge in [-0.05, 0) is 24.8 Å². The van der Waals surface area contributed by atoms with Gasteiger partial charge in [0.1, 0.15) is 0 Å². The van der Waals surface area contributed by atoms with Gasteiger partial charge in [0.15, 0.2) is 0 Å². The predicted molar refractivity (Wildman–Crippen MR) is 59.9 cm³/mol. The van der Waals surface area contributed by atoms with Crippen LogP contribution in [0.4, 0.5) is 0 Å². The monoisotopic (exact) mass is 233 g/mol. The third kappa shape index (κ3) is 3.40. The fourth-order valence-corrected chi connectivity index (χ4v) is 3.32. The van der Waals surface area contributed by atoms with E-state index in [-0.39, 0.29) is 11.8 Å². The summed E-state index contributed by atoms with van der Waals surface area (Å²) in [6, 6.07) is 3.74. The molecule has 0 unspecified atom stereocenters. The van der Waals surface area contributed by atoms with Crippen LogP contribution >= 0.6 is 11.3 Å². The maximum absolute atomic E-state index is 11.4. The topological polar surface area (TPSA) is 46.2 Å². The summed E-state index contributed by atoms with van der Waals surface area (Å²) in [5.41, 5.74) is 0. The third-order valence-corrected chi connectivity index (χ3v) is 4.51. The molecule has 0 spiro atoms. The largest absolute Gasteiger partial charge is 0.212 e. The van der Waals surface area contributed by atoms with E-state index >= 15 is 0 Å². The minimum absolute atomic E-state index is 0.119. The van der Waals surface area contributed by atoms with Crippen LogP contribution in [0.15, 0.2) is 17.5 Å². The van der Waals surface area contributed by atoms with E-state index in [1.165, 1.54) is 0 Å². The van der Waals surface area contributed by atoms with Crippen molar-refractivity contribution in [1.29, 1.82) is 0 Å². The van der Waals surface area contributed by atoms with Crippen LogP contribution in [0.25, 0.3) is 0 Å². The summed E-state index contributed by atoms with van der Waals surface area (Å²) in [6.07, 6.45) is 0.645. The standard InChI is InChI=1S/C9H15NO2S2/c1-3-7-14(11,12)10-8(2)9-5-4-6-13-9/h4-6,8,10H,3,7H2,1-2H3/t8-/m0/s1. The lowest BCUT2D eigenvalue weighted by Crippen LogP contribution is -2.28. The van der Waals surface area contributed by atoms with E-state index in [1.54, 1.807) is 11.3 Å². The molecule has 0 radical (unpaired) electrons. The van der Waals surface area contributed by atoms with E-state index < -0.39 is 10.0 Å². The van der Waals surface area contributed by atoms with Crippen molar-refractivity contribution >= 4 is 21.4 Å². The Morgan fingerprint density at radius 1 is 1.57 bits per heavy atom. The highest BCUT2D eigenvalue weighted by Crippen LogP contribution is 2.18. The summed E-state index contributed by atoms with van der Waals surface area (Å²) in [4.78, 5) is 1.05. The Morgan fingerprint density at radius 2 is 2.29 bits per heavy atom. The minimum atomic E-state index is -3.10. The van der Waals surface area contributed by atoms with Gasteiger partial charge in [0.25, 0.3) is 0 Å². The molecule has 1 atom stereocenters. The molecule has 1 aromatic rings. The molecule has 3 nitrogen and oxygen atoms in total. The molecule has 1 N–H and O–H groups in total. The normalized spacial score (nSPS) is 14.1. The van der Waals surface area contributed by atoms with Crippen molar-refractivity contribution in [1.82, 2.24) is 4.72 Å². The highest BCUT2D eigenvalue weighted by molar-refractivity contribution is 7.89. The number of hydrogen-bond donors (Lipinski definition) is 1. The molecule has 1 rings (SSSR count). The molecule has 0 saturated heterocycles. The molecule has 80 valence electrons. The molecule has 0 fully saturated rings. The van der Waals surface area contributed by atoms with Gasteiger partial charge in [0.2, 0.25) is 10.0 Å². The molecule has 14 heavy (non-hydrogen) atoms. The first-order chi connectivity index (χ1) is 6.55. The van der Waals surface area contributed by atoms with E-state index in [0.29, 0.717) is 6.42 Å². The lowest BCUT2D eigenvalue weighted by Gasteiger charge is -2.11. The maximum atomic E-state index is 11.4. The summed E-state index contributed by atoms with van der Waals surface area (Å²) < 4.78 is 25.5. The molecule has 5 heteroatoms. The van der Waals surface area contributed by atoms with Gasteiger partial charge in [0, 0.05) is 4.88 Å². The molecule has 0 saturated carbocycles. The number of nitrogens with one attached hydrogen (secondary N) is 1. The van der Waals surface area contributed by atoms with Crippen molar-refractivity contribution in [3.05, 3.63) is 22.4 Å². The first-order valence-corrected chi connectivity index (χ1v) is 7.12. The Morgan fingerprint density at radius 3 is 2.79 bits per heavy atom. The van der Waals surface area contributed by atoms with Gasteiger partial charge in [-0.2, -0.15) is 0 Å². The van der Waals surface area contributed by atoms with Crippen molar-refractivity contribution in [2.45, 2.75) is 26.3 Å². The summed E-state index contributed by atoms with van der Waals surface area (Å²) in [5, 5.41) is 1.94. The lowest BCUT2D eigenvalue weighted by atomic mass is 10.3.